The van der Waals surface area contributed by atoms with E-state index in [0.29, 0.717) is 19.5 Å². The minimum absolute atomic E-state index is 0.134. The van der Waals surface area contributed by atoms with Gasteiger partial charge in [0, 0.05) is 13.1 Å². The van der Waals surface area contributed by atoms with Crippen molar-refractivity contribution >= 4 is 35.1 Å². The highest BCUT2D eigenvalue weighted by Gasteiger charge is 2.34. The Kier molecular flexibility index (Phi) is 8.95. The topological polar surface area (TPSA) is 87.7 Å². The zero-order chi connectivity index (χ0) is 23.6. The predicted molar refractivity (Wildman–Crippen MR) is 129 cm³/mol. The number of thiocarbonyl (C=S) groups is 1. The van der Waals surface area contributed by atoms with Crippen LogP contribution in [-0.4, -0.2) is 53.5 Å². The quantitative estimate of drug-likeness (QED) is 0.352. The molecule has 3 rings (SSSR count). The van der Waals surface area contributed by atoms with E-state index in [1.54, 1.807) is 4.90 Å². The summed E-state index contributed by atoms with van der Waals surface area (Å²) in [4.78, 5) is 38.9. The summed E-state index contributed by atoms with van der Waals surface area (Å²) in [5, 5.41) is 5.60. The van der Waals surface area contributed by atoms with Crippen molar-refractivity contribution in [3.63, 3.8) is 0 Å². The number of carbonyl (C=O) groups is 3. The average Bonchev–Trinajstić information content (AvgIpc) is 2.80. The van der Waals surface area contributed by atoms with Gasteiger partial charge in [-0.15, -0.1) is 0 Å². The van der Waals surface area contributed by atoms with Crippen LogP contribution in [0.2, 0.25) is 0 Å². The van der Waals surface area contributed by atoms with E-state index in [-0.39, 0.29) is 36.4 Å². The maximum absolute atomic E-state index is 12.5. The van der Waals surface area contributed by atoms with Crippen LogP contribution in [0.1, 0.15) is 29.5 Å². The fraction of sp³-hybridized carbons (Fsp3) is 0.360. The number of nitrogens with one attached hydrogen (secondary N) is 2. The Balaban J connectivity index is 1.49. The molecule has 1 aliphatic heterocycles. The van der Waals surface area contributed by atoms with Gasteiger partial charge in [0.15, 0.2) is 5.11 Å². The Bertz CT molecular complexity index is 996. The van der Waals surface area contributed by atoms with E-state index in [2.05, 4.69) is 10.6 Å². The van der Waals surface area contributed by atoms with Gasteiger partial charge in [-0.2, -0.15) is 0 Å². The molecule has 1 atom stereocenters. The molecule has 0 aliphatic carbocycles. The minimum Gasteiger partial charge on any atom is -0.466 e. The standard InChI is InChI=1S/C25H29N3O4S/c1-18-8-5-6-12-20(18)16-22(29)27-25(33)28-14-13-26-24(31)21(28)17-23(30)32-15-7-11-19-9-3-2-4-10-19/h2-6,8-10,12,21H,7,11,13-17H2,1H3,(H,26,31)(H,27,29,33). The van der Waals surface area contributed by atoms with Crippen molar-refractivity contribution < 1.29 is 19.1 Å². The van der Waals surface area contributed by atoms with Crippen molar-refractivity contribution in [3.8, 4) is 0 Å². The zero-order valence-electron chi connectivity index (χ0n) is 18.7. The Labute approximate surface area is 199 Å². The molecule has 0 radical (unpaired) electrons. The first kappa shape index (κ1) is 24.4. The molecule has 7 nitrogen and oxygen atoms in total. The molecule has 8 heteroatoms. The van der Waals surface area contributed by atoms with Crippen LogP contribution in [0.15, 0.2) is 54.6 Å². The Morgan fingerprint density at radius 1 is 1.15 bits per heavy atom. The third-order valence-electron chi connectivity index (χ3n) is 5.53. The number of hydrogen-bond acceptors (Lipinski definition) is 5. The summed E-state index contributed by atoms with van der Waals surface area (Å²) in [6.45, 7) is 3.01. The third-order valence-corrected chi connectivity index (χ3v) is 5.86. The van der Waals surface area contributed by atoms with E-state index >= 15 is 0 Å². The number of aryl methyl sites for hydroxylation is 2. The summed E-state index contributed by atoms with van der Waals surface area (Å²) in [7, 11) is 0. The Hall–Kier alpha value is -3.26. The van der Waals surface area contributed by atoms with Crippen LogP contribution in [0.4, 0.5) is 0 Å². The molecule has 1 saturated heterocycles. The molecule has 2 aromatic rings. The van der Waals surface area contributed by atoms with Gasteiger partial charge in [-0.05, 0) is 48.7 Å². The summed E-state index contributed by atoms with van der Waals surface area (Å²) in [5.41, 5.74) is 3.10. The van der Waals surface area contributed by atoms with Gasteiger partial charge < -0.3 is 20.3 Å². The largest absolute Gasteiger partial charge is 0.466 e. The fourth-order valence-electron chi connectivity index (χ4n) is 3.70. The van der Waals surface area contributed by atoms with E-state index in [1.807, 2.05) is 61.5 Å². The molecule has 1 heterocycles. The van der Waals surface area contributed by atoms with Crippen molar-refractivity contribution in [1.29, 1.82) is 0 Å². The normalized spacial score (nSPS) is 15.5. The van der Waals surface area contributed by atoms with Crippen LogP contribution in [0, 0.1) is 6.92 Å². The maximum atomic E-state index is 12.5. The molecule has 1 fully saturated rings. The van der Waals surface area contributed by atoms with E-state index in [9.17, 15) is 14.4 Å². The molecule has 174 valence electrons. The minimum atomic E-state index is -0.813. The second kappa shape index (κ2) is 12.1. The van der Waals surface area contributed by atoms with Gasteiger partial charge in [-0.3, -0.25) is 14.4 Å². The van der Waals surface area contributed by atoms with Crippen LogP contribution in [0.3, 0.4) is 0 Å². The lowest BCUT2D eigenvalue weighted by Gasteiger charge is -2.36. The summed E-state index contributed by atoms with van der Waals surface area (Å²) in [6.07, 6.45) is 1.55. The predicted octanol–water partition coefficient (Wildman–Crippen LogP) is 2.31. The smallest absolute Gasteiger partial charge is 0.308 e. The number of rotatable bonds is 8. The van der Waals surface area contributed by atoms with Gasteiger partial charge in [0.1, 0.15) is 6.04 Å². The highest BCUT2D eigenvalue weighted by Crippen LogP contribution is 2.12. The first-order chi connectivity index (χ1) is 15.9. The van der Waals surface area contributed by atoms with Gasteiger partial charge in [0.25, 0.3) is 0 Å². The van der Waals surface area contributed by atoms with E-state index < -0.39 is 12.0 Å². The third kappa shape index (κ3) is 7.39. The van der Waals surface area contributed by atoms with Crippen LogP contribution >= 0.6 is 12.2 Å². The van der Waals surface area contributed by atoms with Crippen molar-refractivity contribution in [2.24, 2.45) is 0 Å². The van der Waals surface area contributed by atoms with Crippen LogP contribution in [0.25, 0.3) is 0 Å². The number of esters is 1. The average molecular weight is 468 g/mol. The van der Waals surface area contributed by atoms with Crippen molar-refractivity contribution in [2.45, 2.75) is 38.6 Å². The SMILES string of the molecule is Cc1ccccc1CC(=O)NC(=S)N1CCNC(=O)C1CC(=O)OCCCc1ccccc1. The monoisotopic (exact) mass is 467 g/mol. The van der Waals surface area contributed by atoms with Crippen LogP contribution in [0.5, 0.6) is 0 Å². The summed E-state index contributed by atoms with van der Waals surface area (Å²) < 4.78 is 5.34. The molecule has 2 aromatic carbocycles. The number of ether oxygens (including phenoxy) is 1. The van der Waals surface area contributed by atoms with Gasteiger partial charge in [-0.1, -0.05) is 54.6 Å². The highest BCUT2D eigenvalue weighted by atomic mass is 32.1. The molecule has 0 saturated carbocycles. The van der Waals surface area contributed by atoms with Crippen molar-refractivity contribution in [3.05, 3.63) is 71.3 Å². The second-order valence-corrected chi connectivity index (χ2v) is 8.36. The van der Waals surface area contributed by atoms with Crippen molar-refractivity contribution in [1.82, 2.24) is 15.5 Å². The lowest BCUT2D eigenvalue weighted by atomic mass is 10.1. The molecule has 2 N–H and O–H groups in total. The second-order valence-electron chi connectivity index (χ2n) is 7.97. The molecular formula is C25H29N3O4S. The van der Waals surface area contributed by atoms with Gasteiger partial charge in [0.2, 0.25) is 11.8 Å². The summed E-state index contributed by atoms with van der Waals surface area (Å²) >= 11 is 5.40. The fourth-order valence-corrected chi connectivity index (χ4v) is 4.03. The van der Waals surface area contributed by atoms with Gasteiger partial charge in [0.05, 0.1) is 19.4 Å². The van der Waals surface area contributed by atoms with Gasteiger partial charge in [-0.25, -0.2) is 0 Å². The highest BCUT2D eigenvalue weighted by molar-refractivity contribution is 7.80. The first-order valence-corrected chi connectivity index (χ1v) is 11.5. The van der Waals surface area contributed by atoms with E-state index in [1.165, 1.54) is 5.56 Å². The number of piperazine rings is 1. The number of benzene rings is 2. The molecule has 33 heavy (non-hydrogen) atoms. The summed E-state index contributed by atoms with van der Waals surface area (Å²) in [6, 6.07) is 16.8. The van der Waals surface area contributed by atoms with Crippen LogP contribution in [-0.2, 0) is 32.0 Å². The molecule has 0 aromatic heterocycles. The van der Waals surface area contributed by atoms with Crippen LogP contribution < -0.4 is 10.6 Å². The van der Waals surface area contributed by atoms with Gasteiger partial charge >= 0.3 is 5.97 Å². The molecule has 0 bridgehead atoms. The maximum Gasteiger partial charge on any atom is 0.308 e. The molecule has 1 aliphatic rings. The lowest BCUT2D eigenvalue weighted by Crippen LogP contribution is -2.60. The number of carbonyl (C=O) groups excluding carboxylic acids is 3. The van der Waals surface area contributed by atoms with E-state index in [4.69, 9.17) is 17.0 Å². The first-order valence-electron chi connectivity index (χ1n) is 11.1. The summed E-state index contributed by atoms with van der Waals surface area (Å²) in [5.74, 6) is -1.04. The number of hydrogen-bond donors (Lipinski definition) is 2. The van der Waals surface area contributed by atoms with Crippen molar-refractivity contribution in [2.75, 3.05) is 19.7 Å². The Morgan fingerprint density at radius 2 is 1.88 bits per heavy atom. The van der Waals surface area contributed by atoms with E-state index in [0.717, 1.165) is 17.5 Å². The molecule has 2 amide bonds. The number of nitrogens with zero attached hydrogens (tertiary/aromatic N) is 1. The Morgan fingerprint density at radius 3 is 2.64 bits per heavy atom. The molecule has 0 spiro atoms. The molecular weight excluding hydrogens is 438 g/mol. The molecule has 1 unspecified atom stereocenters. The zero-order valence-corrected chi connectivity index (χ0v) is 19.5. The number of amides is 2. The lowest BCUT2D eigenvalue weighted by molar-refractivity contribution is -0.147.